The van der Waals surface area contributed by atoms with Crippen molar-refractivity contribution in [2.75, 3.05) is 31.2 Å². The molecule has 9 heteroatoms. The minimum absolute atomic E-state index is 0.200. The van der Waals surface area contributed by atoms with Crippen LogP contribution in [0.1, 0.15) is 10.4 Å². The van der Waals surface area contributed by atoms with Gasteiger partial charge in [-0.2, -0.15) is 4.98 Å². The van der Waals surface area contributed by atoms with Crippen LogP contribution >= 0.6 is 11.3 Å². The third-order valence-electron chi connectivity index (χ3n) is 4.68. The number of anilines is 1. The van der Waals surface area contributed by atoms with Gasteiger partial charge in [0.15, 0.2) is 5.65 Å². The van der Waals surface area contributed by atoms with Gasteiger partial charge in [0.25, 0.3) is 0 Å². The molecule has 0 spiro atoms. The van der Waals surface area contributed by atoms with Gasteiger partial charge < -0.3 is 14.7 Å². The largest absolute Gasteiger partial charge is 0.477 e. The number of carboxylic acids is 1. The summed E-state index contributed by atoms with van der Waals surface area (Å²) >= 11 is 1.28. The van der Waals surface area contributed by atoms with Crippen LogP contribution in [0.5, 0.6) is 0 Å². The average molecular weight is 382 g/mol. The van der Waals surface area contributed by atoms with Crippen LogP contribution in [0, 0.1) is 0 Å². The molecule has 0 aliphatic carbocycles. The van der Waals surface area contributed by atoms with E-state index in [2.05, 4.69) is 9.97 Å². The Bertz CT molecular complexity index is 1270. The fourth-order valence-corrected chi connectivity index (χ4v) is 4.57. The van der Waals surface area contributed by atoms with Crippen LogP contribution in [0.25, 0.3) is 26.1 Å². The lowest BCUT2D eigenvalue weighted by Gasteiger charge is -2.26. The molecule has 1 saturated heterocycles. The summed E-state index contributed by atoms with van der Waals surface area (Å²) in [6.45, 7) is 2.52. The van der Waals surface area contributed by atoms with Crippen molar-refractivity contribution >= 4 is 49.3 Å². The van der Waals surface area contributed by atoms with E-state index in [0.717, 1.165) is 10.2 Å². The number of benzene rings is 1. The monoisotopic (exact) mass is 382 g/mol. The zero-order valence-corrected chi connectivity index (χ0v) is 14.9. The molecule has 5 rings (SSSR count). The fraction of sp³-hybridized carbons (Fsp3) is 0.222. The maximum Gasteiger partial charge on any atom is 0.342 e. The Morgan fingerprint density at radius 3 is 2.78 bits per heavy atom. The molecular formula is C18H14N4O4S. The molecular weight excluding hydrogens is 368 g/mol. The maximum atomic E-state index is 12.8. The summed E-state index contributed by atoms with van der Waals surface area (Å²) in [5.41, 5.74) is 0.439. The quantitative estimate of drug-likeness (QED) is 0.566. The summed E-state index contributed by atoms with van der Waals surface area (Å²) in [6, 6.07) is 7.56. The van der Waals surface area contributed by atoms with E-state index in [1.165, 1.54) is 17.5 Å². The molecule has 4 heterocycles. The lowest BCUT2D eigenvalue weighted by atomic mass is 10.2. The number of hydrogen-bond donors (Lipinski definition) is 1. The number of ether oxygens (including phenoxy) is 1. The van der Waals surface area contributed by atoms with E-state index in [0.29, 0.717) is 42.7 Å². The van der Waals surface area contributed by atoms with E-state index >= 15 is 0 Å². The zero-order valence-electron chi connectivity index (χ0n) is 14.1. The van der Waals surface area contributed by atoms with Crippen LogP contribution in [-0.2, 0) is 4.74 Å². The lowest BCUT2D eigenvalue weighted by molar-refractivity contribution is 0.0697. The third kappa shape index (κ3) is 2.39. The first-order chi connectivity index (χ1) is 13.1. The first kappa shape index (κ1) is 16.2. The molecule has 1 aliphatic heterocycles. The Kier molecular flexibility index (Phi) is 3.59. The molecule has 0 bridgehead atoms. The summed E-state index contributed by atoms with van der Waals surface area (Å²) in [5.74, 6) is -0.736. The highest BCUT2D eigenvalue weighted by atomic mass is 32.1. The standard InChI is InChI=1S/C18H14N4O4S/c23-14-10-9-19-18(21-5-7-26-8-6-21)20-15(10)22-11-3-1-2-4-12(11)27-16(22)13(14)17(24)25/h1-4,9H,5-8H2,(H,24,25). The van der Waals surface area contributed by atoms with Crippen molar-refractivity contribution in [1.29, 1.82) is 0 Å². The van der Waals surface area contributed by atoms with E-state index in [1.54, 1.807) is 4.40 Å². The summed E-state index contributed by atoms with van der Waals surface area (Å²) in [6.07, 6.45) is 1.43. The third-order valence-corrected chi connectivity index (χ3v) is 5.82. The van der Waals surface area contributed by atoms with Gasteiger partial charge in [-0.3, -0.25) is 9.20 Å². The van der Waals surface area contributed by atoms with Crippen LogP contribution in [0.3, 0.4) is 0 Å². The normalized spacial score (nSPS) is 15.0. The van der Waals surface area contributed by atoms with Gasteiger partial charge in [0.05, 0.1) is 28.8 Å². The summed E-state index contributed by atoms with van der Waals surface area (Å²) < 4.78 is 8.01. The van der Waals surface area contributed by atoms with Gasteiger partial charge in [0, 0.05) is 19.3 Å². The molecule has 0 unspecified atom stereocenters. The second-order valence-corrected chi connectivity index (χ2v) is 7.26. The first-order valence-electron chi connectivity index (χ1n) is 8.44. The summed E-state index contributed by atoms with van der Waals surface area (Å²) in [7, 11) is 0. The van der Waals surface area contributed by atoms with Crippen molar-refractivity contribution in [2.45, 2.75) is 0 Å². The van der Waals surface area contributed by atoms with Crippen LogP contribution < -0.4 is 10.3 Å². The molecule has 0 saturated carbocycles. The molecule has 0 atom stereocenters. The number of thiazole rings is 1. The van der Waals surface area contributed by atoms with Crippen molar-refractivity contribution < 1.29 is 14.6 Å². The SMILES string of the molecule is O=C(O)c1c(=O)c2cnc(N3CCOCC3)nc2n2c1sc1ccccc12. The molecule has 1 aromatic carbocycles. The van der Waals surface area contributed by atoms with Crippen molar-refractivity contribution in [2.24, 2.45) is 0 Å². The van der Waals surface area contributed by atoms with E-state index in [9.17, 15) is 14.7 Å². The summed E-state index contributed by atoms with van der Waals surface area (Å²) in [5, 5.41) is 9.84. The van der Waals surface area contributed by atoms with E-state index in [1.807, 2.05) is 29.2 Å². The highest BCUT2D eigenvalue weighted by Crippen LogP contribution is 2.30. The Balaban J connectivity index is 1.92. The number of carbonyl (C=O) groups is 1. The Morgan fingerprint density at radius 2 is 2.00 bits per heavy atom. The highest BCUT2D eigenvalue weighted by molar-refractivity contribution is 7.24. The number of morpholine rings is 1. The zero-order chi connectivity index (χ0) is 18.5. The van der Waals surface area contributed by atoms with Gasteiger partial charge >= 0.3 is 5.97 Å². The van der Waals surface area contributed by atoms with Gasteiger partial charge in [-0.1, -0.05) is 12.1 Å². The second kappa shape index (κ2) is 6.00. The van der Waals surface area contributed by atoms with Crippen molar-refractivity contribution in [3.05, 3.63) is 46.2 Å². The number of para-hydroxylation sites is 1. The number of pyridine rings is 1. The van der Waals surface area contributed by atoms with Gasteiger partial charge in [0.1, 0.15) is 10.4 Å². The topological polar surface area (TPSA) is 97.0 Å². The molecule has 1 aliphatic rings. The molecule has 0 amide bonds. The average Bonchev–Trinajstić information content (AvgIpc) is 3.07. The van der Waals surface area contributed by atoms with Gasteiger partial charge in [0.2, 0.25) is 11.4 Å². The van der Waals surface area contributed by atoms with E-state index in [4.69, 9.17) is 4.74 Å². The van der Waals surface area contributed by atoms with Crippen molar-refractivity contribution in [3.63, 3.8) is 0 Å². The van der Waals surface area contributed by atoms with E-state index < -0.39 is 11.4 Å². The lowest BCUT2D eigenvalue weighted by Crippen LogP contribution is -2.37. The number of carboxylic acid groups (broad SMARTS) is 1. The Morgan fingerprint density at radius 1 is 1.22 bits per heavy atom. The minimum Gasteiger partial charge on any atom is -0.477 e. The molecule has 1 N–H and O–H groups in total. The second-order valence-electron chi connectivity index (χ2n) is 6.23. The van der Waals surface area contributed by atoms with Crippen LogP contribution in [0.4, 0.5) is 5.95 Å². The Hall–Kier alpha value is -3.04. The molecule has 4 aromatic rings. The van der Waals surface area contributed by atoms with Crippen LogP contribution in [0.15, 0.2) is 35.3 Å². The molecule has 1 fully saturated rings. The minimum atomic E-state index is -1.25. The molecule has 8 nitrogen and oxygen atoms in total. The van der Waals surface area contributed by atoms with Gasteiger partial charge in [-0.25, -0.2) is 9.78 Å². The van der Waals surface area contributed by atoms with Crippen molar-refractivity contribution in [3.8, 4) is 0 Å². The smallest absolute Gasteiger partial charge is 0.342 e. The van der Waals surface area contributed by atoms with Crippen molar-refractivity contribution in [1.82, 2.24) is 14.4 Å². The molecule has 3 aromatic heterocycles. The first-order valence-corrected chi connectivity index (χ1v) is 9.26. The van der Waals surface area contributed by atoms with Gasteiger partial charge in [-0.05, 0) is 12.1 Å². The van der Waals surface area contributed by atoms with E-state index in [-0.39, 0.29) is 10.9 Å². The number of fused-ring (bicyclic) bond motifs is 5. The van der Waals surface area contributed by atoms with Crippen LogP contribution in [0.2, 0.25) is 0 Å². The predicted molar refractivity (Wildman–Crippen MR) is 102 cm³/mol. The highest BCUT2D eigenvalue weighted by Gasteiger charge is 2.23. The number of hydrogen-bond acceptors (Lipinski definition) is 7. The summed E-state index contributed by atoms with van der Waals surface area (Å²) in [4.78, 5) is 36.0. The molecule has 0 radical (unpaired) electrons. The van der Waals surface area contributed by atoms with Crippen LogP contribution in [-0.4, -0.2) is 51.7 Å². The number of aromatic carboxylic acids is 1. The number of rotatable bonds is 2. The molecule has 136 valence electrons. The predicted octanol–water partition coefficient (Wildman–Crippen LogP) is 1.99. The number of nitrogens with zero attached hydrogens (tertiary/aromatic N) is 4. The maximum absolute atomic E-state index is 12.8. The number of aromatic nitrogens is 3. The van der Waals surface area contributed by atoms with Gasteiger partial charge in [-0.15, -0.1) is 11.3 Å². The molecule has 27 heavy (non-hydrogen) atoms. The fourth-order valence-electron chi connectivity index (χ4n) is 3.39. The Labute approximate surface area is 156 Å².